The second-order valence-electron chi connectivity index (χ2n) is 5.33. The molecule has 128 valence electrons. The number of nitrogens with one attached hydrogen (secondary N) is 1. The lowest BCUT2D eigenvalue weighted by Gasteiger charge is -2.14. The van der Waals surface area contributed by atoms with Gasteiger partial charge in [-0.3, -0.25) is 9.48 Å². The average molecular weight is 370 g/mol. The molecule has 1 aromatic carbocycles. The fourth-order valence-corrected chi connectivity index (χ4v) is 2.48. The largest absolute Gasteiger partial charge is 0.449 e. The van der Waals surface area contributed by atoms with Crippen LogP contribution >= 0.6 is 23.2 Å². The fraction of sp³-hybridized carbons (Fsp3) is 0.312. The van der Waals surface area contributed by atoms with Gasteiger partial charge in [-0.25, -0.2) is 4.79 Å². The minimum atomic E-state index is -1.01. The zero-order valence-electron chi connectivity index (χ0n) is 13.7. The first-order chi connectivity index (χ1) is 11.2. The van der Waals surface area contributed by atoms with E-state index in [1.54, 1.807) is 24.7 Å². The minimum absolute atomic E-state index is 0.109. The van der Waals surface area contributed by atoms with Gasteiger partial charge in [0.2, 0.25) is 0 Å². The Bertz CT molecular complexity index is 802. The number of anilines is 1. The Labute approximate surface area is 149 Å². The van der Waals surface area contributed by atoms with Gasteiger partial charge in [0.15, 0.2) is 6.10 Å². The summed E-state index contributed by atoms with van der Waals surface area (Å²) in [5, 5.41) is 7.49. The lowest BCUT2D eigenvalue weighted by atomic mass is 10.2. The summed E-state index contributed by atoms with van der Waals surface area (Å²) >= 11 is 11.8. The molecule has 0 aliphatic heterocycles. The van der Waals surface area contributed by atoms with E-state index in [-0.39, 0.29) is 10.6 Å². The SMILES string of the molecule is Cc1nn(C)c(C)c1NC(=O)[C@@H](C)OC(=O)c1cc(Cl)ccc1Cl. The molecule has 2 aromatic rings. The van der Waals surface area contributed by atoms with Crippen LogP contribution in [0.4, 0.5) is 5.69 Å². The van der Waals surface area contributed by atoms with Crippen molar-refractivity contribution >= 4 is 40.8 Å². The van der Waals surface area contributed by atoms with E-state index < -0.39 is 18.0 Å². The Balaban J connectivity index is 2.08. The van der Waals surface area contributed by atoms with Crippen LogP contribution in [-0.2, 0) is 16.6 Å². The van der Waals surface area contributed by atoms with E-state index in [0.29, 0.717) is 16.4 Å². The highest BCUT2D eigenvalue weighted by atomic mass is 35.5. The third-order valence-corrected chi connectivity index (χ3v) is 4.12. The van der Waals surface area contributed by atoms with E-state index in [1.807, 2.05) is 6.92 Å². The van der Waals surface area contributed by atoms with Crippen molar-refractivity contribution in [2.24, 2.45) is 7.05 Å². The highest BCUT2D eigenvalue weighted by molar-refractivity contribution is 6.35. The summed E-state index contributed by atoms with van der Waals surface area (Å²) in [7, 11) is 1.78. The molecule has 0 spiro atoms. The van der Waals surface area contributed by atoms with E-state index in [9.17, 15) is 9.59 Å². The number of halogens is 2. The molecule has 1 N–H and O–H groups in total. The van der Waals surface area contributed by atoms with Gasteiger partial charge in [0.25, 0.3) is 5.91 Å². The normalized spacial score (nSPS) is 11.9. The standard InChI is InChI=1S/C16H17Cl2N3O3/c1-8-14(9(2)21(4)20-8)19-15(22)10(3)24-16(23)12-7-11(17)5-6-13(12)18/h5-7,10H,1-4H3,(H,19,22)/t10-/m1/s1. The van der Waals surface area contributed by atoms with Crippen LogP contribution < -0.4 is 5.32 Å². The molecular weight excluding hydrogens is 353 g/mol. The van der Waals surface area contributed by atoms with Gasteiger partial charge in [0, 0.05) is 12.1 Å². The average Bonchev–Trinajstić information content (AvgIpc) is 2.75. The highest BCUT2D eigenvalue weighted by Crippen LogP contribution is 2.22. The van der Waals surface area contributed by atoms with Crippen LogP contribution in [0.15, 0.2) is 18.2 Å². The topological polar surface area (TPSA) is 73.2 Å². The van der Waals surface area contributed by atoms with E-state index in [0.717, 1.165) is 5.69 Å². The first-order valence-electron chi connectivity index (χ1n) is 7.17. The number of ether oxygens (including phenoxy) is 1. The summed E-state index contributed by atoms with van der Waals surface area (Å²) in [4.78, 5) is 24.4. The smallest absolute Gasteiger partial charge is 0.340 e. The summed E-state index contributed by atoms with van der Waals surface area (Å²) < 4.78 is 6.83. The molecule has 1 aromatic heterocycles. The molecule has 0 fully saturated rings. The summed E-state index contributed by atoms with van der Waals surface area (Å²) in [5.74, 6) is -1.18. The molecule has 1 heterocycles. The van der Waals surface area contributed by atoms with Crippen molar-refractivity contribution in [2.75, 3.05) is 5.32 Å². The van der Waals surface area contributed by atoms with Gasteiger partial charge in [-0.05, 0) is 39.0 Å². The molecule has 0 saturated carbocycles. The maximum absolute atomic E-state index is 12.3. The van der Waals surface area contributed by atoms with Crippen LogP contribution in [0.3, 0.4) is 0 Å². The number of rotatable bonds is 4. The van der Waals surface area contributed by atoms with Crippen molar-refractivity contribution in [1.29, 1.82) is 0 Å². The van der Waals surface area contributed by atoms with Gasteiger partial charge in [-0.15, -0.1) is 0 Å². The van der Waals surface area contributed by atoms with E-state index in [2.05, 4.69) is 10.4 Å². The van der Waals surface area contributed by atoms with Crippen molar-refractivity contribution in [3.05, 3.63) is 45.2 Å². The lowest BCUT2D eigenvalue weighted by molar-refractivity contribution is -0.123. The van der Waals surface area contributed by atoms with Crippen LogP contribution in [0, 0.1) is 13.8 Å². The molecule has 1 amide bonds. The summed E-state index contributed by atoms with van der Waals surface area (Å²) in [6, 6.07) is 4.45. The number of amides is 1. The van der Waals surface area contributed by atoms with Crippen molar-refractivity contribution in [2.45, 2.75) is 26.9 Å². The third-order valence-electron chi connectivity index (χ3n) is 3.56. The predicted molar refractivity (Wildman–Crippen MR) is 92.7 cm³/mol. The number of benzene rings is 1. The predicted octanol–water partition coefficient (Wildman–Crippen LogP) is 3.53. The number of hydrogen-bond acceptors (Lipinski definition) is 4. The Morgan fingerprint density at radius 2 is 1.96 bits per heavy atom. The quantitative estimate of drug-likeness (QED) is 0.836. The second-order valence-corrected chi connectivity index (χ2v) is 6.17. The number of hydrogen-bond donors (Lipinski definition) is 1. The Kier molecular flexibility index (Phi) is 5.51. The molecule has 2 rings (SSSR count). The van der Waals surface area contributed by atoms with Gasteiger partial charge >= 0.3 is 5.97 Å². The van der Waals surface area contributed by atoms with Crippen molar-refractivity contribution in [1.82, 2.24) is 9.78 Å². The van der Waals surface area contributed by atoms with Crippen molar-refractivity contribution < 1.29 is 14.3 Å². The maximum Gasteiger partial charge on any atom is 0.340 e. The molecule has 1 atom stereocenters. The molecular formula is C16H17Cl2N3O3. The molecule has 0 radical (unpaired) electrons. The number of carbonyl (C=O) groups is 2. The summed E-state index contributed by atoms with van der Waals surface area (Å²) in [6.45, 7) is 5.09. The van der Waals surface area contributed by atoms with Gasteiger partial charge in [0.05, 0.1) is 27.7 Å². The molecule has 0 aliphatic carbocycles. The van der Waals surface area contributed by atoms with Crippen LogP contribution in [-0.4, -0.2) is 27.8 Å². The highest BCUT2D eigenvalue weighted by Gasteiger charge is 2.22. The Morgan fingerprint density at radius 3 is 2.54 bits per heavy atom. The molecule has 24 heavy (non-hydrogen) atoms. The molecule has 0 bridgehead atoms. The summed E-state index contributed by atoms with van der Waals surface area (Å²) in [5.41, 5.74) is 2.20. The molecule has 0 saturated heterocycles. The van der Waals surface area contributed by atoms with Crippen molar-refractivity contribution in [3.63, 3.8) is 0 Å². The number of carbonyl (C=O) groups excluding carboxylic acids is 2. The first kappa shape index (κ1) is 18.3. The summed E-state index contributed by atoms with van der Waals surface area (Å²) in [6.07, 6.45) is -1.01. The van der Waals surface area contributed by atoms with Crippen LogP contribution in [0.25, 0.3) is 0 Å². The Morgan fingerprint density at radius 1 is 1.29 bits per heavy atom. The maximum atomic E-state index is 12.3. The third kappa shape index (κ3) is 3.88. The number of nitrogens with zero attached hydrogens (tertiary/aromatic N) is 2. The van der Waals surface area contributed by atoms with E-state index in [4.69, 9.17) is 27.9 Å². The second kappa shape index (κ2) is 7.23. The number of aryl methyl sites for hydroxylation is 2. The number of esters is 1. The lowest BCUT2D eigenvalue weighted by Crippen LogP contribution is -2.30. The van der Waals surface area contributed by atoms with Gasteiger partial charge in [0.1, 0.15) is 0 Å². The zero-order chi connectivity index (χ0) is 18.0. The van der Waals surface area contributed by atoms with Crippen LogP contribution in [0.1, 0.15) is 28.7 Å². The molecule has 8 heteroatoms. The molecule has 0 unspecified atom stereocenters. The molecule has 0 aliphatic rings. The van der Waals surface area contributed by atoms with Gasteiger partial charge in [-0.1, -0.05) is 23.2 Å². The number of aromatic nitrogens is 2. The van der Waals surface area contributed by atoms with Crippen LogP contribution in [0.2, 0.25) is 10.0 Å². The van der Waals surface area contributed by atoms with Gasteiger partial charge < -0.3 is 10.1 Å². The van der Waals surface area contributed by atoms with Gasteiger partial charge in [-0.2, -0.15) is 5.10 Å². The monoisotopic (exact) mass is 369 g/mol. The van der Waals surface area contributed by atoms with Crippen LogP contribution in [0.5, 0.6) is 0 Å². The first-order valence-corrected chi connectivity index (χ1v) is 7.93. The van der Waals surface area contributed by atoms with Crippen molar-refractivity contribution in [3.8, 4) is 0 Å². The zero-order valence-corrected chi connectivity index (χ0v) is 15.2. The Hall–Kier alpha value is -2.05. The van der Waals surface area contributed by atoms with E-state index >= 15 is 0 Å². The fourth-order valence-electron chi connectivity index (χ4n) is 2.11. The molecule has 6 nitrogen and oxygen atoms in total. The van der Waals surface area contributed by atoms with E-state index in [1.165, 1.54) is 19.1 Å². The minimum Gasteiger partial charge on any atom is -0.449 e.